The molecule has 1 aliphatic heterocycles. The molecule has 3 rings (SSSR count). The molecule has 0 aromatic heterocycles. The van der Waals surface area contributed by atoms with Crippen LogP contribution in [0, 0.1) is 5.92 Å². The summed E-state index contributed by atoms with van der Waals surface area (Å²) in [4.78, 5) is 29.0. The highest BCUT2D eigenvalue weighted by Crippen LogP contribution is 2.18. The standard InChI is InChI=1S/C23H30N4O2/c1-26(2)16-19-12-10-18(11-13-19)15-24-22(28)20-7-6-14-27(17-20)23(29)25-21-8-4-3-5-9-21/h3-5,8-13,20H,6-7,14-17H2,1-2H3,(H,24,28)(H,25,29)/t20-/m0/s1. The number of piperidine rings is 1. The number of nitrogens with zero attached hydrogens (tertiary/aromatic N) is 2. The van der Waals surface area contributed by atoms with E-state index in [4.69, 9.17) is 0 Å². The van der Waals surface area contributed by atoms with Gasteiger partial charge in [-0.1, -0.05) is 42.5 Å². The Morgan fingerprint density at radius 2 is 1.72 bits per heavy atom. The Kier molecular flexibility index (Phi) is 7.25. The Hall–Kier alpha value is -2.86. The first-order chi connectivity index (χ1) is 14.0. The quantitative estimate of drug-likeness (QED) is 0.790. The van der Waals surface area contributed by atoms with E-state index in [0.29, 0.717) is 19.6 Å². The molecular weight excluding hydrogens is 364 g/mol. The summed E-state index contributed by atoms with van der Waals surface area (Å²) >= 11 is 0. The fourth-order valence-corrected chi connectivity index (χ4v) is 3.56. The second-order valence-corrected chi connectivity index (χ2v) is 7.85. The van der Waals surface area contributed by atoms with E-state index >= 15 is 0 Å². The van der Waals surface area contributed by atoms with E-state index in [-0.39, 0.29) is 17.9 Å². The zero-order valence-corrected chi connectivity index (χ0v) is 17.2. The van der Waals surface area contributed by atoms with Crippen LogP contribution >= 0.6 is 0 Å². The largest absolute Gasteiger partial charge is 0.352 e. The van der Waals surface area contributed by atoms with E-state index in [1.54, 1.807) is 4.90 Å². The van der Waals surface area contributed by atoms with Crippen molar-refractivity contribution in [3.63, 3.8) is 0 Å². The van der Waals surface area contributed by atoms with Gasteiger partial charge in [-0.15, -0.1) is 0 Å². The molecule has 1 aliphatic rings. The topological polar surface area (TPSA) is 64.7 Å². The normalized spacial score (nSPS) is 16.5. The molecular formula is C23H30N4O2. The molecule has 6 heteroatoms. The van der Waals surface area contributed by atoms with Crippen molar-refractivity contribution in [1.82, 2.24) is 15.1 Å². The number of hydrogen-bond donors (Lipinski definition) is 2. The lowest BCUT2D eigenvalue weighted by Gasteiger charge is -2.32. The molecule has 0 aliphatic carbocycles. The first-order valence-electron chi connectivity index (χ1n) is 10.1. The second-order valence-electron chi connectivity index (χ2n) is 7.85. The van der Waals surface area contributed by atoms with Crippen molar-refractivity contribution in [2.75, 3.05) is 32.5 Å². The van der Waals surface area contributed by atoms with E-state index in [1.165, 1.54) is 5.56 Å². The number of urea groups is 1. The molecule has 0 bridgehead atoms. The number of rotatable bonds is 6. The van der Waals surface area contributed by atoms with Gasteiger partial charge in [0.15, 0.2) is 0 Å². The zero-order chi connectivity index (χ0) is 20.6. The average molecular weight is 395 g/mol. The summed E-state index contributed by atoms with van der Waals surface area (Å²) < 4.78 is 0. The van der Waals surface area contributed by atoms with E-state index in [0.717, 1.165) is 30.6 Å². The maximum atomic E-state index is 12.6. The third kappa shape index (κ3) is 6.32. The minimum atomic E-state index is -0.168. The molecule has 2 aromatic carbocycles. The minimum Gasteiger partial charge on any atom is -0.352 e. The van der Waals surface area contributed by atoms with Crippen LogP contribution in [0.25, 0.3) is 0 Å². The molecule has 0 spiro atoms. The van der Waals surface area contributed by atoms with Gasteiger partial charge in [-0.25, -0.2) is 4.79 Å². The third-order valence-electron chi connectivity index (χ3n) is 5.09. The van der Waals surface area contributed by atoms with Crippen LogP contribution in [-0.4, -0.2) is 48.9 Å². The molecule has 0 radical (unpaired) electrons. The van der Waals surface area contributed by atoms with Crippen LogP contribution in [0.3, 0.4) is 0 Å². The van der Waals surface area contributed by atoms with Crippen molar-refractivity contribution in [2.24, 2.45) is 5.92 Å². The highest BCUT2D eigenvalue weighted by Gasteiger charge is 2.28. The summed E-state index contributed by atoms with van der Waals surface area (Å²) in [5.74, 6) is -0.155. The molecule has 1 fully saturated rings. The lowest BCUT2D eigenvalue weighted by atomic mass is 9.97. The van der Waals surface area contributed by atoms with E-state index in [9.17, 15) is 9.59 Å². The number of amides is 3. The molecule has 1 heterocycles. The second kappa shape index (κ2) is 10.1. The van der Waals surface area contributed by atoms with Crippen molar-refractivity contribution in [3.8, 4) is 0 Å². The van der Waals surface area contributed by atoms with Gasteiger partial charge in [0.2, 0.25) is 5.91 Å². The number of carbonyl (C=O) groups excluding carboxylic acids is 2. The zero-order valence-electron chi connectivity index (χ0n) is 17.2. The summed E-state index contributed by atoms with van der Waals surface area (Å²) in [6, 6.07) is 17.5. The molecule has 3 amide bonds. The maximum Gasteiger partial charge on any atom is 0.321 e. The van der Waals surface area contributed by atoms with Crippen molar-refractivity contribution in [3.05, 3.63) is 65.7 Å². The van der Waals surface area contributed by atoms with E-state index in [2.05, 4.69) is 39.8 Å². The SMILES string of the molecule is CN(C)Cc1ccc(CNC(=O)[C@H]2CCCN(C(=O)Nc3ccccc3)C2)cc1. The van der Waals surface area contributed by atoms with Gasteiger partial charge in [0, 0.05) is 31.9 Å². The van der Waals surface area contributed by atoms with Gasteiger partial charge < -0.3 is 20.4 Å². The van der Waals surface area contributed by atoms with Gasteiger partial charge in [-0.05, 0) is 50.2 Å². The summed E-state index contributed by atoms with van der Waals surface area (Å²) in [6.07, 6.45) is 1.64. The first kappa shape index (κ1) is 20.9. The molecule has 2 aromatic rings. The molecule has 0 saturated carbocycles. The molecule has 2 N–H and O–H groups in total. The summed E-state index contributed by atoms with van der Waals surface area (Å²) in [5.41, 5.74) is 3.09. The fraction of sp³-hybridized carbons (Fsp3) is 0.391. The average Bonchev–Trinajstić information content (AvgIpc) is 2.73. The van der Waals surface area contributed by atoms with E-state index < -0.39 is 0 Å². The lowest BCUT2D eigenvalue weighted by Crippen LogP contribution is -2.46. The summed E-state index contributed by atoms with van der Waals surface area (Å²) in [5, 5.41) is 5.93. The van der Waals surface area contributed by atoms with Crippen LogP contribution < -0.4 is 10.6 Å². The Labute approximate surface area is 172 Å². The summed E-state index contributed by atoms with van der Waals surface area (Å²) in [6.45, 7) is 2.53. The molecule has 154 valence electrons. The smallest absolute Gasteiger partial charge is 0.321 e. The van der Waals surface area contributed by atoms with Crippen LogP contribution in [0.1, 0.15) is 24.0 Å². The Bertz CT molecular complexity index is 805. The molecule has 6 nitrogen and oxygen atoms in total. The van der Waals surface area contributed by atoms with Gasteiger partial charge in [-0.3, -0.25) is 4.79 Å². The molecule has 0 unspecified atom stereocenters. The van der Waals surface area contributed by atoms with Gasteiger partial charge in [0.1, 0.15) is 0 Å². The Morgan fingerprint density at radius 1 is 1.03 bits per heavy atom. The third-order valence-corrected chi connectivity index (χ3v) is 5.09. The molecule has 1 atom stereocenters. The van der Waals surface area contributed by atoms with E-state index in [1.807, 2.05) is 44.4 Å². The Balaban J connectivity index is 1.48. The van der Waals surface area contributed by atoms with Gasteiger partial charge >= 0.3 is 6.03 Å². The highest BCUT2D eigenvalue weighted by atomic mass is 16.2. The van der Waals surface area contributed by atoms with Crippen molar-refractivity contribution in [2.45, 2.75) is 25.9 Å². The number of carbonyl (C=O) groups is 2. The van der Waals surface area contributed by atoms with Crippen LogP contribution in [0.2, 0.25) is 0 Å². The minimum absolute atomic E-state index is 0.0135. The van der Waals surface area contributed by atoms with Crippen LogP contribution in [0.4, 0.5) is 10.5 Å². The van der Waals surface area contributed by atoms with Crippen LogP contribution in [-0.2, 0) is 17.9 Å². The first-order valence-corrected chi connectivity index (χ1v) is 10.1. The lowest BCUT2D eigenvalue weighted by molar-refractivity contribution is -0.126. The fourth-order valence-electron chi connectivity index (χ4n) is 3.56. The van der Waals surface area contributed by atoms with Crippen LogP contribution in [0.5, 0.6) is 0 Å². The van der Waals surface area contributed by atoms with Gasteiger partial charge in [0.05, 0.1) is 5.92 Å². The van der Waals surface area contributed by atoms with Gasteiger partial charge in [0.25, 0.3) is 0 Å². The molecule has 1 saturated heterocycles. The number of para-hydroxylation sites is 1. The van der Waals surface area contributed by atoms with Gasteiger partial charge in [-0.2, -0.15) is 0 Å². The maximum absolute atomic E-state index is 12.6. The number of likely N-dealkylation sites (tertiary alicyclic amines) is 1. The number of anilines is 1. The van der Waals surface area contributed by atoms with Crippen LogP contribution in [0.15, 0.2) is 54.6 Å². The predicted molar refractivity (Wildman–Crippen MR) is 115 cm³/mol. The van der Waals surface area contributed by atoms with Crippen molar-refractivity contribution in [1.29, 1.82) is 0 Å². The number of nitrogens with one attached hydrogen (secondary N) is 2. The summed E-state index contributed by atoms with van der Waals surface area (Å²) in [7, 11) is 4.09. The Morgan fingerprint density at radius 3 is 2.41 bits per heavy atom. The number of hydrogen-bond acceptors (Lipinski definition) is 3. The van der Waals surface area contributed by atoms with Crippen molar-refractivity contribution < 1.29 is 9.59 Å². The predicted octanol–water partition coefficient (Wildman–Crippen LogP) is 3.31. The number of benzene rings is 2. The van der Waals surface area contributed by atoms with Crippen molar-refractivity contribution >= 4 is 17.6 Å². The highest BCUT2D eigenvalue weighted by molar-refractivity contribution is 5.90. The monoisotopic (exact) mass is 394 g/mol. The molecule has 29 heavy (non-hydrogen) atoms.